The van der Waals surface area contributed by atoms with Crippen LogP contribution in [0.1, 0.15) is 25.0 Å². The minimum Gasteiger partial charge on any atom is -0.507 e. The van der Waals surface area contributed by atoms with Crippen LogP contribution in [-0.4, -0.2) is 10.1 Å². The summed E-state index contributed by atoms with van der Waals surface area (Å²) in [6.07, 6.45) is 0. The van der Waals surface area contributed by atoms with Crippen LogP contribution in [0.15, 0.2) is 60.7 Å². The van der Waals surface area contributed by atoms with Gasteiger partial charge in [-0.15, -0.1) is 11.3 Å². The largest absolute Gasteiger partial charge is 0.507 e. The number of rotatable bonds is 1. The van der Waals surface area contributed by atoms with E-state index >= 15 is 0 Å². The maximum Gasteiger partial charge on any atom is 0.128 e. The molecule has 0 spiro atoms. The monoisotopic (exact) mass is 407 g/mol. The summed E-state index contributed by atoms with van der Waals surface area (Å²) in [5, 5.41) is 11.6. The van der Waals surface area contributed by atoms with E-state index in [1.807, 2.05) is 24.3 Å². The number of aromatic nitrogens is 1. The number of hydrogen-bond acceptors (Lipinski definition) is 3. The van der Waals surface area contributed by atoms with E-state index in [0.717, 1.165) is 20.8 Å². The van der Waals surface area contributed by atoms with Crippen molar-refractivity contribution >= 4 is 21.6 Å². The molecule has 1 aromatic heterocycles. The summed E-state index contributed by atoms with van der Waals surface area (Å²) in [6.45, 7) is 4.43. The average Bonchev–Trinajstić information content (AvgIpc) is 3.13. The first-order valence-corrected chi connectivity index (χ1v) is 9.20. The zero-order chi connectivity index (χ0) is 17.2. The minimum absolute atomic E-state index is 0. The molecule has 1 aliphatic carbocycles. The Kier molecular flexibility index (Phi) is 4.02. The van der Waals surface area contributed by atoms with E-state index in [1.165, 1.54) is 22.3 Å². The number of nitrogens with zero attached hydrogens (tertiary/aromatic N) is 1. The molecule has 1 aliphatic rings. The van der Waals surface area contributed by atoms with Gasteiger partial charge in [-0.05, 0) is 46.5 Å². The van der Waals surface area contributed by atoms with Crippen LogP contribution >= 0.6 is 11.3 Å². The van der Waals surface area contributed by atoms with E-state index in [1.54, 1.807) is 11.3 Å². The Balaban J connectivity index is 0.00000168. The van der Waals surface area contributed by atoms with Gasteiger partial charge >= 0.3 is 0 Å². The Hall–Kier alpha value is -2.03. The molecular formula is C22H17NOSZn. The van der Waals surface area contributed by atoms with Crippen LogP contribution in [0.25, 0.3) is 31.9 Å². The van der Waals surface area contributed by atoms with E-state index in [9.17, 15) is 5.11 Å². The Labute approximate surface area is 169 Å². The van der Waals surface area contributed by atoms with Gasteiger partial charge in [-0.3, -0.25) is 0 Å². The van der Waals surface area contributed by atoms with Crippen molar-refractivity contribution < 1.29 is 24.6 Å². The second-order valence-corrected chi connectivity index (χ2v) is 8.10. The Morgan fingerprint density at radius 1 is 0.846 bits per heavy atom. The zero-order valence-electron chi connectivity index (χ0n) is 14.8. The van der Waals surface area contributed by atoms with Gasteiger partial charge in [0.25, 0.3) is 0 Å². The number of hydrogen-bond donors (Lipinski definition) is 1. The first kappa shape index (κ1) is 17.4. The molecule has 124 valence electrons. The second-order valence-electron chi connectivity index (χ2n) is 7.07. The molecule has 0 atom stereocenters. The molecule has 2 nitrogen and oxygen atoms in total. The standard InChI is InChI=1S/C22H17NOS.Zn/c1-22(2)16-8-4-3-7-13(16)14-11-15(19(24)12-17(14)22)21-23-18-9-5-6-10-20(18)25-21;/h3-12,24H,1-2H3;. The molecule has 4 heteroatoms. The number of phenolic OH excluding ortho intramolecular Hbond substituents is 1. The van der Waals surface area contributed by atoms with Crippen molar-refractivity contribution in [1.29, 1.82) is 0 Å². The Morgan fingerprint density at radius 2 is 1.58 bits per heavy atom. The summed E-state index contributed by atoms with van der Waals surface area (Å²) in [5.41, 5.74) is 6.63. The van der Waals surface area contributed by atoms with Crippen molar-refractivity contribution in [3.8, 4) is 27.4 Å². The number of thiazole rings is 1. The van der Waals surface area contributed by atoms with Crippen LogP contribution in [0.2, 0.25) is 0 Å². The van der Waals surface area contributed by atoms with Gasteiger partial charge in [-0.1, -0.05) is 50.2 Å². The van der Waals surface area contributed by atoms with Gasteiger partial charge in [0.15, 0.2) is 0 Å². The minimum atomic E-state index is -0.102. The van der Waals surface area contributed by atoms with E-state index in [-0.39, 0.29) is 24.9 Å². The fourth-order valence-corrected chi connectivity index (χ4v) is 4.89. The van der Waals surface area contributed by atoms with Gasteiger partial charge in [0.05, 0.1) is 15.8 Å². The third-order valence-electron chi connectivity index (χ3n) is 5.22. The van der Waals surface area contributed by atoms with Crippen LogP contribution < -0.4 is 0 Å². The molecule has 1 N–H and O–H groups in total. The molecule has 3 aromatic carbocycles. The van der Waals surface area contributed by atoms with Crippen LogP contribution in [0.5, 0.6) is 5.75 Å². The van der Waals surface area contributed by atoms with Gasteiger partial charge in [0.1, 0.15) is 10.8 Å². The first-order valence-electron chi connectivity index (χ1n) is 8.39. The Morgan fingerprint density at radius 3 is 2.38 bits per heavy atom. The number of para-hydroxylation sites is 1. The number of benzene rings is 3. The van der Waals surface area contributed by atoms with Gasteiger partial charge in [0.2, 0.25) is 0 Å². The maximum atomic E-state index is 10.7. The number of fused-ring (bicyclic) bond motifs is 4. The number of phenols is 1. The quantitative estimate of drug-likeness (QED) is 0.393. The van der Waals surface area contributed by atoms with Crippen molar-refractivity contribution in [1.82, 2.24) is 4.98 Å². The first-order chi connectivity index (χ1) is 12.1. The molecule has 1 heterocycles. The average molecular weight is 409 g/mol. The zero-order valence-corrected chi connectivity index (χ0v) is 18.6. The summed E-state index contributed by atoms with van der Waals surface area (Å²) >= 11 is 1.62. The molecule has 26 heavy (non-hydrogen) atoms. The summed E-state index contributed by atoms with van der Waals surface area (Å²) in [7, 11) is 0. The van der Waals surface area contributed by atoms with Gasteiger partial charge in [0, 0.05) is 24.9 Å². The molecule has 0 bridgehead atoms. The van der Waals surface area contributed by atoms with Gasteiger partial charge in [-0.25, -0.2) is 4.98 Å². The van der Waals surface area contributed by atoms with Crippen LogP contribution in [0, 0.1) is 0 Å². The molecule has 0 saturated carbocycles. The van der Waals surface area contributed by atoms with E-state index in [0.29, 0.717) is 5.75 Å². The van der Waals surface area contributed by atoms with Crippen molar-refractivity contribution in [2.24, 2.45) is 0 Å². The van der Waals surface area contributed by atoms with Gasteiger partial charge in [-0.2, -0.15) is 0 Å². The molecular weight excluding hydrogens is 392 g/mol. The topological polar surface area (TPSA) is 33.1 Å². The van der Waals surface area contributed by atoms with Crippen LogP contribution in [0.3, 0.4) is 0 Å². The molecule has 5 rings (SSSR count). The SMILES string of the molecule is CC1(C)c2ccccc2-c2cc(-c3nc4ccccc4s3)c(O)cc21.[Zn]. The van der Waals surface area contributed by atoms with Crippen molar-refractivity contribution in [2.75, 3.05) is 0 Å². The molecule has 0 amide bonds. The molecule has 0 fully saturated rings. The predicted octanol–water partition coefficient (Wildman–Crippen LogP) is 5.97. The summed E-state index contributed by atoms with van der Waals surface area (Å²) < 4.78 is 1.14. The third kappa shape index (κ3) is 2.36. The van der Waals surface area contributed by atoms with Gasteiger partial charge < -0.3 is 5.11 Å². The summed E-state index contributed by atoms with van der Waals surface area (Å²) in [6, 6.07) is 20.6. The fourth-order valence-electron chi connectivity index (χ4n) is 3.89. The molecule has 0 saturated heterocycles. The smallest absolute Gasteiger partial charge is 0.128 e. The third-order valence-corrected chi connectivity index (χ3v) is 6.29. The van der Waals surface area contributed by atoms with E-state index in [4.69, 9.17) is 4.98 Å². The van der Waals surface area contributed by atoms with Crippen LogP contribution in [-0.2, 0) is 24.9 Å². The molecule has 0 unspecified atom stereocenters. The summed E-state index contributed by atoms with van der Waals surface area (Å²) in [4.78, 5) is 4.72. The molecule has 0 aliphatic heterocycles. The maximum absolute atomic E-state index is 10.7. The van der Waals surface area contributed by atoms with Crippen LogP contribution in [0.4, 0.5) is 0 Å². The molecule has 4 aromatic rings. The van der Waals surface area contributed by atoms with Crippen molar-refractivity contribution in [2.45, 2.75) is 19.3 Å². The normalized spacial score (nSPS) is 13.9. The second kappa shape index (κ2) is 6.01. The fraction of sp³-hybridized carbons (Fsp3) is 0.136. The summed E-state index contributed by atoms with van der Waals surface area (Å²) in [5.74, 6) is 0.304. The van der Waals surface area contributed by atoms with Crippen molar-refractivity contribution in [3.05, 3.63) is 71.8 Å². The number of aromatic hydroxyl groups is 1. The Bertz CT molecular complexity index is 1110. The molecule has 0 radical (unpaired) electrons. The van der Waals surface area contributed by atoms with Crippen molar-refractivity contribution in [3.63, 3.8) is 0 Å². The van der Waals surface area contributed by atoms with E-state index < -0.39 is 0 Å². The van der Waals surface area contributed by atoms with E-state index in [2.05, 4.69) is 50.2 Å². The predicted molar refractivity (Wildman–Crippen MR) is 104 cm³/mol.